The summed E-state index contributed by atoms with van der Waals surface area (Å²) in [4.78, 5) is 5.19. The van der Waals surface area contributed by atoms with Gasteiger partial charge in [0.15, 0.2) is 0 Å². The third kappa shape index (κ3) is 2.80. The maximum atomic E-state index is 6.39. The van der Waals surface area contributed by atoms with Crippen molar-refractivity contribution in [1.82, 2.24) is 4.90 Å². The first-order chi connectivity index (χ1) is 9.79. The molecule has 0 spiro atoms. The van der Waals surface area contributed by atoms with Crippen LogP contribution in [-0.2, 0) is 6.42 Å². The molecule has 0 bridgehead atoms. The largest absolute Gasteiger partial charge is 0.370 e. The normalized spacial score (nSPS) is 23.7. The van der Waals surface area contributed by atoms with Crippen molar-refractivity contribution >= 4 is 17.3 Å². The minimum atomic E-state index is 0.653. The van der Waals surface area contributed by atoms with Gasteiger partial charge in [-0.05, 0) is 56.5 Å². The van der Waals surface area contributed by atoms with Crippen LogP contribution in [0.25, 0.3) is 0 Å². The second kappa shape index (κ2) is 6.33. The van der Waals surface area contributed by atoms with Crippen LogP contribution in [0.4, 0.5) is 5.69 Å². The minimum absolute atomic E-state index is 0.653. The second-order valence-corrected chi connectivity index (χ2v) is 6.31. The lowest BCUT2D eigenvalue weighted by atomic mass is 10.1. The average molecular weight is 294 g/mol. The Hall–Kier alpha value is -0.770. The monoisotopic (exact) mass is 293 g/mol. The summed E-state index contributed by atoms with van der Waals surface area (Å²) in [5, 5.41) is 0.862. The summed E-state index contributed by atoms with van der Waals surface area (Å²) in [6.07, 6.45) is 4.79. The van der Waals surface area contributed by atoms with Crippen LogP contribution in [0, 0.1) is 0 Å². The Morgan fingerprint density at radius 1 is 1.20 bits per heavy atom. The van der Waals surface area contributed by atoms with Crippen LogP contribution >= 0.6 is 11.6 Å². The molecule has 0 amide bonds. The number of anilines is 1. The van der Waals surface area contributed by atoms with Gasteiger partial charge in [-0.3, -0.25) is 4.90 Å². The van der Waals surface area contributed by atoms with E-state index < -0.39 is 0 Å². The van der Waals surface area contributed by atoms with Crippen molar-refractivity contribution in [2.24, 2.45) is 5.73 Å². The Morgan fingerprint density at radius 2 is 2.05 bits per heavy atom. The highest BCUT2D eigenvalue weighted by Gasteiger charge is 2.29. The Morgan fingerprint density at radius 3 is 2.90 bits per heavy atom. The van der Waals surface area contributed by atoms with E-state index in [1.54, 1.807) is 0 Å². The zero-order valence-electron chi connectivity index (χ0n) is 12.0. The lowest BCUT2D eigenvalue weighted by Crippen LogP contribution is -2.37. The molecule has 3 rings (SSSR count). The van der Waals surface area contributed by atoms with Crippen LogP contribution in [0.15, 0.2) is 18.2 Å². The van der Waals surface area contributed by atoms with Gasteiger partial charge in [-0.25, -0.2) is 0 Å². The molecule has 0 aromatic heterocycles. The Bertz CT molecular complexity index is 463. The fourth-order valence-electron chi connectivity index (χ4n) is 3.66. The summed E-state index contributed by atoms with van der Waals surface area (Å²) in [7, 11) is 0. The molecule has 1 unspecified atom stereocenters. The third-order valence-electron chi connectivity index (χ3n) is 4.63. The molecule has 0 radical (unpaired) electrons. The van der Waals surface area contributed by atoms with Crippen LogP contribution in [0.5, 0.6) is 0 Å². The van der Waals surface area contributed by atoms with Crippen LogP contribution in [0.3, 0.4) is 0 Å². The Labute approximate surface area is 126 Å². The molecule has 2 aliphatic rings. The van der Waals surface area contributed by atoms with Gasteiger partial charge in [0.2, 0.25) is 0 Å². The van der Waals surface area contributed by atoms with E-state index in [-0.39, 0.29) is 0 Å². The smallest absolute Gasteiger partial charge is 0.0459 e. The second-order valence-electron chi connectivity index (χ2n) is 5.91. The Balaban J connectivity index is 1.86. The predicted octanol–water partition coefficient (Wildman–Crippen LogP) is 2.52. The van der Waals surface area contributed by atoms with Crippen molar-refractivity contribution in [3.05, 3.63) is 28.8 Å². The summed E-state index contributed by atoms with van der Waals surface area (Å²) in [6.45, 7) is 5.45. The molecule has 3 nitrogen and oxygen atoms in total. The summed E-state index contributed by atoms with van der Waals surface area (Å²) < 4.78 is 0. The quantitative estimate of drug-likeness (QED) is 0.929. The molecule has 20 heavy (non-hydrogen) atoms. The summed E-state index contributed by atoms with van der Waals surface area (Å²) in [6, 6.07) is 6.98. The van der Waals surface area contributed by atoms with Gasteiger partial charge < -0.3 is 10.6 Å². The standard InChI is InChI=1S/C16H24ClN3/c17-15-5-1-6-16(14(15)7-8-18)20-11-3-10-19-9-2-4-13(19)12-20/h1,5-6,13H,2-4,7-12,18H2. The zero-order valence-corrected chi connectivity index (χ0v) is 12.8. The molecule has 2 saturated heterocycles. The maximum absolute atomic E-state index is 6.39. The SMILES string of the molecule is NCCc1c(Cl)cccc1N1CCCN2CCCC2C1. The van der Waals surface area contributed by atoms with E-state index in [0.29, 0.717) is 6.54 Å². The molecule has 0 saturated carbocycles. The molecule has 0 aliphatic carbocycles. The summed E-state index contributed by atoms with van der Waals surface area (Å²) >= 11 is 6.39. The maximum Gasteiger partial charge on any atom is 0.0459 e. The first-order valence-corrected chi connectivity index (χ1v) is 8.14. The number of fused-ring (bicyclic) bond motifs is 1. The van der Waals surface area contributed by atoms with Crippen molar-refractivity contribution in [1.29, 1.82) is 0 Å². The average Bonchev–Trinajstić information content (AvgIpc) is 2.79. The molecule has 1 aromatic carbocycles. The lowest BCUT2D eigenvalue weighted by Gasteiger charge is -2.29. The van der Waals surface area contributed by atoms with Crippen LogP contribution in [-0.4, -0.2) is 43.7 Å². The number of halogens is 1. The first kappa shape index (κ1) is 14.2. The van der Waals surface area contributed by atoms with Gasteiger partial charge in [-0.2, -0.15) is 0 Å². The number of nitrogens with two attached hydrogens (primary N) is 1. The fraction of sp³-hybridized carbons (Fsp3) is 0.625. The van der Waals surface area contributed by atoms with Gasteiger partial charge >= 0.3 is 0 Å². The molecule has 4 heteroatoms. The molecule has 2 fully saturated rings. The van der Waals surface area contributed by atoms with E-state index >= 15 is 0 Å². The van der Waals surface area contributed by atoms with Gasteiger partial charge in [0.25, 0.3) is 0 Å². The van der Waals surface area contributed by atoms with Crippen molar-refractivity contribution in [3.8, 4) is 0 Å². The number of rotatable bonds is 3. The summed E-state index contributed by atoms with van der Waals surface area (Å²) in [5.41, 5.74) is 8.29. The fourth-order valence-corrected chi connectivity index (χ4v) is 3.92. The van der Waals surface area contributed by atoms with Gasteiger partial charge in [0, 0.05) is 36.4 Å². The van der Waals surface area contributed by atoms with E-state index in [1.165, 1.54) is 43.6 Å². The van der Waals surface area contributed by atoms with Gasteiger partial charge in [0.1, 0.15) is 0 Å². The minimum Gasteiger partial charge on any atom is -0.370 e. The van der Waals surface area contributed by atoms with Crippen molar-refractivity contribution in [3.63, 3.8) is 0 Å². The molecule has 110 valence electrons. The number of nitrogens with zero attached hydrogens (tertiary/aromatic N) is 2. The topological polar surface area (TPSA) is 32.5 Å². The number of benzene rings is 1. The zero-order chi connectivity index (χ0) is 13.9. The summed E-state index contributed by atoms with van der Waals surface area (Å²) in [5.74, 6) is 0. The van der Waals surface area contributed by atoms with Gasteiger partial charge in [-0.1, -0.05) is 17.7 Å². The first-order valence-electron chi connectivity index (χ1n) is 7.76. The van der Waals surface area contributed by atoms with E-state index in [1.807, 2.05) is 6.07 Å². The van der Waals surface area contributed by atoms with Crippen LogP contribution < -0.4 is 10.6 Å². The third-order valence-corrected chi connectivity index (χ3v) is 4.99. The van der Waals surface area contributed by atoms with Gasteiger partial charge in [0.05, 0.1) is 0 Å². The van der Waals surface area contributed by atoms with Gasteiger partial charge in [-0.15, -0.1) is 0 Å². The molecular formula is C16H24ClN3. The van der Waals surface area contributed by atoms with Crippen LogP contribution in [0.1, 0.15) is 24.8 Å². The molecule has 2 heterocycles. The highest BCUT2D eigenvalue weighted by Crippen LogP contribution is 2.31. The molecule has 2 N–H and O–H groups in total. The number of hydrogen-bond donors (Lipinski definition) is 1. The molecule has 2 aliphatic heterocycles. The van der Waals surface area contributed by atoms with E-state index in [9.17, 15) is 0 Å². The van der Waals surface area contributed by atoms with E-state index in [0.717, 1.165) is 30.6 Å². The van der Waals surface area contributed by atoms with E-state index in [4.69, 9.17) is 17.3 Å². The highest BCUT2D eigenvalue weighted by molar-refractivity contribution is 6.31. The highest BCUT2D eigenvalue weighted by atomic mass is 35.5. The van der Waals surface area contributed by atoms with Crippen molar-refractivity contribution in [2.75, 3.05) is 37.6 Å². The predicted molar refractivity (Wildman–Crippen MR) is 85.6 cm³/mol. The van der Waals surface area contributed by atoms with E-state index in [2.05, 4.69) is 21.9 Å². The lowest BCUT2D eigenvalue weighted by molar-refractivity contribution is 0.273. The molecule has 1 atom stereocenters. The van der Waals surface area contributed by atoms with Crippen molar-refractivity contribution < 1.29 is 0 Å². The molecule has 1 aromatic rings. The van der Waals surface area contributed by atoms with Crippen LogP contribution in [0.2, 0.25) is 5.02 Å². The Kier molecular flexibility index (Phi) is 4.49. The van der Waals surface area contributed by atoms with Crippen molar-refractivity contribution in [2.45, 2.75) is 31.7 Å². The number of hydrogen-bond acceptors (Lipinski definition) is 3. The molecular weight excluding hydrogens is 270 g/mol.